The van der Waals surface area contributed by atoms with E-state index < -0.39 is 10.0 Å². The third kappa shape index (κ3) is 4.03. The summed E-state index contributed by atoms with van der Waals surface area (Å²) in [6.07, 6.45) is 3.33. The van der Waals surface area contributed by atoms with Crippen molar-refractivity contribution in [3.05, 3.63) is 58.9 Å². The molecule has 1 atom stereocenters. The maximum atomic E-state index is 12.3. The highest BCUT2D eigenvalue weighted by Gasteiger charge is 2.20. The van der Waals surface area contributed by atoms with Gasteiger partial charge in [-0.3, -0.25) is 4.98 Å². The maximum Gasteiger partial charge on any atom is 0.243 e. The molecular formula is C15H17ClN2O2S. The number of rotatable bonds is 5. The first-order chi connectivity index (χ1) is 9.90. The molecule has 2 rings (SSSR count). The third-order valence-corrected chi connectivity index (χ3v) is 5.23. The fourth-order valence-corrected chi connectivity index (χ4v) is 3.77. The van der Waals surface area contributed by atoms with E-state index in [0.29, 0.717) is 6.42 Å². The largest absolute Gasteiger partial charge is 0.263 e. The van der Waals surface area contributed by atoms with Crippen LogP contribution in [-0.2, 0) is 16.4 Å². The number of nitrogens with one attached hydrogen (secondary N) is 1. The van der Waals surface area contributed by atoms with Gasteiger partial charge in [0, 0.05) is 18.4 Å². The first kappa shape index (κ1) is 15.9. The predicted molar refractivity (Wildman–Crippen MR) is 83.9 cm³/mol. The van der Waals surface area contributed by atoms with Gasteiger partial charge in [0.05, 0.1) is 5.02 Å². The third-order valence-electron chi connectivity index (χ3n) is 3.17. The number of hydrogen-bond donors (Lipinski definition) is 1. The van der Waals surface area contributed by atoms with E-state index in [1.54, 1.807) is 0 Å². The van der Waals surface area contributed by atoms with Gasteiger partial charge in [-0.1, -0.05) is 35.9 Å². The average molecular weight is 325 g/mol. The lowest BCUT2D eigenvalue weighted by Crippen LogP contribution is -2.34. The summed E-state index contributed by atoms with van der Waals surface area (Å²) in [7, 11) is -3.67. The molecule has 0 radical (unpaired) electrons. The van der Waals surface area contributed by atoms with E-state index in [0.717, 1.165) is 11.1 Å². The molecule has 1 aromatic heterocycles. The van der Waals surface area contributed by atoms with Crippen LogP contribution in [-0.4, -0.2) is 19.4 Å². The van der Waals surface area contributed by atoms with Crippen molar-refractivity contribution in [2.24, 2.45) is 0 Å². The molecule has 4 nitrogen and oxygen atoms in total. The Morgan fingerprint density at radius 2 is 2.00 bits per heavy atom. The van der Waals surface area contributed by atoms with E-state index in [1.165, 1.54) is 18.5 Å². The molecule has 0 aliphatic carbocycles. The van der Waals surface area contributed by atoms with E-state index in [2.05, 4.69) is 9.71 Å². The summed E-state index contributed by atoms with van der Waals surface area (Å²) in [5, 5.41) is 0.167. The van der Waals surface area contributed by atoms with Gasteiger partial charge in [0.25, 0.3) is 0 Å². The number of benzene rings is 1. The van der Waals surface area contributed by atoms with Crippen LogP contribution in [0.1, 0.15) is 18.1 Å². The number of sulfonamides is 1. The molecule has 1 N–H and O–H groups in total. The molecule has 1 unspecified atom stereocenters. The second-order valence-electron chi connectivity index (χ2n) is 4.96. The van der Waals surface area contributed by atoms with E-state index in [9.17, 15) is 8.42 Å². The van der Waals surface area contributed by atoms with Crippen molar-refractivity contribution in [2.75, 3.05) is 0 Å². The van der Waals surface area contributed by atoms with Crippen molar-refractivity contribution in [1.82, 2.24) is 9.71 Å². The highest BCUT2D eigenvalue weighted by Crippen LogP contribution is 2.20. The molecule has 112 valence electrons. The van der Waals surface area contributed by atoms with Gasteiger partial charge in [-0.05, 0) is 37.5 Å². The highest BCUT2D eigenvalue weighted by molar-refractivity contribution is 7.89. The predicted octanol–water partition coefficient (Wildman–Crippen LogP) is 2.95. The smallest absolute Gasteiger partial charge is 0.243 e. The minimum absolute atomic E-state index is 0.00306. The zero-order valence-electron chi connectivity index (χ0n) is 11.9. The zero-order chi connectivity index (χ0) is 15.5. The van der Waals surface area contributed by atoms with Gasteiger partial charge >= 0.3 is 0 Å². The van der Waals surface area contributed by atoms with Crippen molar-refractivity contribution in [3.8, 4) is 0 Å². The van der Waals surface area contributed by atoms with Gasteiger partial charge in [-0.25, -0.2) is 13.1 Å². The van der Waals surface area contributed by atoms with Crippen molar-refractivity contribution >= 4 is 21.6 Å². The minimum Gasteiger partial charge on any atom is -0.263 e. The Kier molecular flexibility index (Phi) is 4.98. The zero-order valence-corrected chi connectivity index (χ0v) is 13.4. The number of halogens is 1. The van der Waals surface area contributed by atoms with Gasteiger partial charge in [-0.15, -0.1) is 0 Å². The van der Waals surface area contributed by atoms with E-state index in [-0.39, 0.29) is 16.0 Å². The maximum absolute atomic E-state index is 12.3. The Hall–Kier alpha value is -1.43. The van der Waals surface area contributed by atoms with Crippen LogP contribution in [0.15, 0.2) is 47.6 Å². The summed E-state index contributed by atoms with van der Waals surface area (Å²) in [6, 6.07) is 9.13. The summed E-state index contributed by atoms with van der Waals surface area (Å²) in [4.78, 5) is 3.82. The molecule has 6 heteroatoms. The summed E-state index contributed by atoms with van der Waals surface area (Å²) >= 11 is 5.92. The van der Waals surface area contributed by atoms with E-state index in [4.69, 9.17) is 11.6 Å². The molecule has 0 aliphatic heterocycles. The standard InChI is InChI=1S/C15H17ClN2O2S/c1-11-5-3-4-6-13(11)9-12(2)18-21(19,20)15-10-17-8-7-14(15)16/h3-8,10,12,18H,9H2,1-2H3. The topological polar surface area (TPSA) is 59.1 Å². The van der Waals surface area contributed by atoms with Gasteiger partial charge in [0.1, 0.15) is 4.90 Å². The molecule has 0 spiro atoms. The Morgan fingerprint density at radius 1 is 1.29 bits per heavy atom. The SMILES string of the molecule is Cc1ccccc1CC(C)NS(=O)(=O)c1cnccc1Cl. The van der Waals surface area contributed by atoms with Crippen LogP contribution < -0.4 is 4.72 Å². The summed E-state index contributed by atoms with van der Waals surface area (Å²) in [5.41, 5.74) is 2.26. The molecule has 1 heterocycles. The molecular weight excluding hydrogens is 308 g/mol. The lowest BCUT2D eigenvalue weighted by Gasteiger charge is -2.16. The van der Waals surface area contributed by atoms with Crippen LogP contribution in [0.3, 0.4) is 0 Å². The van der Waals surface area contributed by atoms with Crippen LogP contribution in [0.2, 0.25) is 5.02 Å². The second kappa shape index (κ2) is 6.56. The number of aromatic nitrogens is 1. The average Bonchev–Trinajstić information content (AvgIpc) is 2.41. The van der Waals surface area contributed by atoms with Gasteiger partial charge in [0.2, 0.25) is 10.0 Å². The van der Waals surface area contributed by atoms with Crippen molar-refractivity contribution in [1.29, 1.82) is 0 Å². The number of pyridine rings is 1. The molecule has 0 saturated carbocycles. The lowest BCUT2D eigenvalue weighted by molar-refractivity contribution is 0.559. The van der Waals surface area contributed by atoms with Gasteiger partial charge in [-0.2, -0.15) is 0 Å². The van der Waals surface area contributed by atoms with Crippen LogP contribution in [0, 0.1) is 6.92 Å². The minimum atomic E-state index is -3.67. The summed E-state index contributed by atoms with van der Waals surface area (Å²) in [6.45, 7) is 3.84. The Morgan fingerprint density at radius 3 is 2.67 bits per heavy atom. The van der Waals surface area contributed by atoms with Gasteiger partial charge < -0.3 is 0 Å². The van der Waals surface area contributed by atoms with E-state index in [1.807, 2.05) is 38.1 Å². The van der Waals surface area contributed by atoms with Gasteiger partial charge in [0.15, 0.2) is 0 Å². The van der Waals surface area contributed by atoms with Crippen molar-refractivity contribution in [3.63, 3.8) is 0 Å². The first-order valence-electron chi connectivity index (χ1n) is 6.56. The van der Waals surface area contributed by atoms with Crippen LogP contribution in [0.25, 0.3) is 0 Å². The highest BCUT2D eigenvalue weighted by atomic mass is 35.5. The normalized spacial score (nSPS) is 13.1. The number of hydrogen-bond acceptors (Lipinski definition) is 3. The van der Waals surface area contributed by atoms with Crippen molar-refractivity contribution < 1.29 is 8.42 Å². The fraction of sp³-hybridized carbons (Fsp3) is 0.267. The molecule has 0 saturated heterocycles. The summed E-state index contributed by atoms with van der Waals surface area (Å²) < 4.78 is 27.2. The summed E-state index contributed by atoms with van der Waals surface area (Å²) in [5.74, 6) is 0. The molecule has 0 fully saturated rings. The number of nitrogens with zero attached hydrogens (tertiary/aromatic N) is 1. The monoisotopic (exact) mass is 324 g/mol. The van der Waals surface area contributed by atoms with Crippen LogP contribution in [0.5, 0.6) is 0 Å². The van der Waals surface area contributed by atoms with Crippen LogP contribution in [0.4, 0.5) is 0 Å². The molecule has 2 aromatic rings. The fourth-order valence-electron chi connectivity index (χ4n) is 2.10. The number of aryl methyl sites for hydroxylation is 1. The van der Waals surface area contributed by atoms with E-state index >= 15 is 0 Å². The molecule has 21 heavy (non-hydrogen) atoms. The first-order valence-corrected chi connectivity index (χ1v) is 8.42. The lowest BCUT2D eigenvalue weighted by atomic mass is 10.0. The Labute approximate surface area is 130 Å². The Bertz CT molecular complexity index is 732. The quantitative estimate of drug-likeness (QED) is 0.920. The molecule has 0 aliphatic rings. The van der Waals surface area contributed by atoms with Crippen molar-refractivity contribution in [2.45, 2.75) is 31.2 Å². The molecule has 0 bridgehead atoms. The second-order valence-corrected chi connectivity index (χ2v) is 7.05. The Balaban J connectivity index is 2.14. The molecule has 1 aromatic carbocycles. The molecule has 0 amide bonds. The van der Waals surface area contributed by atoms with Crippen LogP contribution >= 0.6 is 11.6 Å².